The van der Waals surface area contributed by atoms with Crippen LogP contribution in [-0.2, 0) is 11.8 Å². The Bertz CT molecular complexity index is 3510. The van der Waals surface area contributed by atoms with Crippen LogP contribution in [0, 0.1) is 0 Å². The van der Waals surface area contributed by atoms with Gasteiger partial charge in [-0.1, -0.05) is 176 Å². The summed E-state index contributed by atoms with van der Waals surface area (Å²) in [6.07, 6.45) is 1.83. The molecular weight excluding hydrogens is 813 g/mol. The molecule has 1 aliphatic heterocycles. The number of fused-ring (bicyclic) bond motifs is 12. The van der Waals surface area contributed by atoms with E-state index in [4.69, 9.17) is 4.42 Å². The van der Waals surface area contributed by atoms with E-state index in [-0.39, 0.29) is 5.92 Å². The second kappa shape index (κ2) is 15.9. The van der Waals surface area contributed by atoms with Gasteiger partial charge >= 0.3 is 0 Å². The summed E-state index contributed by atoms with van der Waals surface area (Å²) < 4.78 is 6.80. The van der Waals surface area contributed by atoms with Crippen LogP contribution in [0.2, 0.25) is 0 Å². The van der Waals surface area contributed by atoms with E-state index in [1.54, 1.807) is 0 Å². The predicted octanol–water partition coefficient (Wildman–Crippen LogP) is 17.0. The molecule has 10 aromatic carbocycles. The molecule has 1 unspecified atom stereocenters. The van der Waals surface area contributed by atoms with Crippen LogP contribution in [0.3, 0.4) is 0 Å². The fourth-order valence-corrected chi connectivity index (χ4v) is 11.5. The van der Waals surface area contributed by atoms with Crippen LogP contribution in [0.15, 0.2) is 253 Å². The van der Waals surface area contributed by atoms with Crippen LogP contribution in [0.4, 0.5) is 34.1 Å². The monoisotopic (exact) mass is 858 g/mol. The minimum atomic E-state index is -0.511. The lowest BCUT2D eigenvalue weighted by Gasteiger charge is -2.45. The Hall–Kier alpha value is -8.40. The molecule has 0 bridgehead atoms. The second-order valence-electron chi connectivity index (χ2n) is 17.9. The van der Waals surface area contributed by atoms with E-state index in [1.807, 2.05) is 0 Å². The average molecular weight is 859 g/mol. The number of hydrogen-bond acceptors (Lipinski definition) is 3. The highest BCUT2D eigenvalue weighted by Crippen LogP contribution is 2.63. The third kappa shape index (κ3) is 6.19. The van der Waals surface area contributed by atoms with Gasteiger partial charge in [0.2, 0.25) is 0 Å². The van der Waals surface area contributed by atoms with Crippen molar-refractivity contribution in [3.8, 4) is 11.1 Å². The first-order valence-corrected chi connectivity index (χ1v) is 23.4. The molecular formula is C64H46N2O. The molecule has 0 saturated carbocycles. The Balaban J connectivity index is 1.05. The first-order valence-electron chi connectivity index (χ1n) is 23.4. The normalized spacial score (nSPS) is 13.5. The van der Waals surface area contributed by atoms with Crippen molar-refractivity contribution in [3.05, 3.63) is 288 Å². The van der Waals surface area contributed by atoms with Gasteiger partial charge in [-0.25, -0.2) is 0 Å². The van der Waals surface area contributed by atoms with E-state index >= 15 is 0 Å². The van der Waals surface area contributed by atoms with E-state index < -0.39 is 5.41 Å². The zero-order valence-electron chi connectivity index (χ0n) is 37.0. The first kappa shape index (κ1) is 39.0. The minimum Gasteiger partial charge on any atom is -0.456 e. The third-order valence-electron chi connectivity index (χ3n) is 14.3. The Labute approximate surface area is 391 Å². The Morgan fingerprint density at radius 1 is 0.433 bits per heavy atom. The van der Waals surface area contributed by atoms with Crippen molar-refractivity contribution in [2.24, 2.45) is 0 Å². The van der Waals surface area contributed by atoms with Gasteiger partial charge in [-0.15, -0.1) is 0 Å². The number of anilines is 6. The fourth-order valence-electron chi connectivity index (χ4n) is 11.5. The van der Waals surface area contributed by atoms with Crippen molar-refractivity contribution in [1.29, 1.82) is 0 Å². The number of benzene rings is 10. The highest BCUT2D eigenvalue weighted by atomic mass is 16.3. The lowest BCUT2D eigenvalue weighted by molar-refractivity contribution is 0.667. The number of para-hydroxylation sites is 4. The van der Waals surface area contributed by atoms with Crippen molar-refractivity contribution in [2.45, 2.75) is 24.2 Å². The van der Waals surface area contributed by atoms with Crippen LogP contribution >= 0.6 is 0 Å². The number of nitrogens with zero attached hydrogens (tertiary/aromatic N) is 2. The van der Waals surface area contributed by atoms with Gasteiger partial charge in [-0.3, -0.25) is 0 Å². The van der Waals surface area contributed by atoms with Gasteiger partial charge in [-0.05, 0) is 136 Å². The van der Waals surface area contributed by atoms with Gasteiger partial charge in [0.15, 0.2) is 0 Å². The summed E-state index contributed by atoms with van der Waals surface area (Å²) in [6.45, 7) is 0. The molecule has 0 radical (unpaired) electrons. The van der Waals surface area contributed by atoms with Gasteiger partial charge in [0.1, 0.15) is 11.2 Å². The summed E-state index contributed by atoms with van der Waals surface area (Å²) in [4.78, 5) is 4.85. The third-order valence-corrected chi connectivity index (χ3v) is 14.3. The van der Waals surface area contributed by atoms with Crippen LogP contribution in [0.1, 0.15) is 51.3 Å². The molecule has 1 atom stereocenters. The zero-order chi connectivity index (χ0) is 44.3. The van der Waals surface area contributed by atoms with E-state index in [0.29, 0.717) is 0 Å². The molecule has 1 aliphatic carbocycles. The maximum atomic E-state index is 6.80. The topological polar surface area (TPSA) is 19.6 Å². The lowest BCUT2D eigenvalue weighted by atomic mass is 9.64. The van der Waals surface area contributed by atoms with Crippen LogP contribution < -0.4 is 9.80 Å². The molecule has 0 saturated heterocycles. The van der Waals surface area contributed by atoms with Gasteiger partial charge in [-0.2, -0.15) is 0 Å². The van der Waals surface area contributed by atoms with Crippen molar-refractivity contribution in [2.75, 3.05) is 9.80 Å². The van der Waals surface area contributed by atoms with Crippen molar-refractivity contribution < 1.29 is 4.42 Å². The molecule has 3 nitrogen and oxygen atoms in total. The van der Waals surface area contributed by atoms with Crippen molar-refractivity contribution in [1.82, 2.24) is 0 Å². The summed E-state index contributed by atoms with van der Waals surface area (Å²) in [5.74, 6) is 0.0342. The molecule has 1 aromatic heterocycles. The standard InChI is InChI=1S/C64H46N2O/c1-5-20-44(21-6-1)36-39-50(53-30-19-35-62-63(53)54-43-49(38-41-61(54)67-62)65(46-22-7-2-8-23-46)47-24-9-3-10-25-47)45-37-40-58-60(42-45)66(48-26-11-4-12-27-48)59-34-18-17-33-57(59)64(58)55-31-15-13-28-51(55)52-29-14-16-32-56(52)64/h1-35,37-38,40-43,50H,36,39H2. The van der Waals surface area contributed by atoms with Crippen molar-refractivity contribution >= 4 is 56.1 Å². The molecule has 318 valence electrons. The molecule has 11 aromatic rings. The highest BCUT2D eigenvalue weighted by molar-refractivity contribution is 6.09. The molecule has 67 heavy (non-hydrogen) atoms. The largest absolute Gasteiger partial charge is 0.456 e. The van der Waals surface area contributed by atoms with Crippen LogP contribution in [-0.4, -0.2) is 0 Å². The minimum absolute atomic E-state index is 0.0342. The quantitative estimate of drug-likeness (QED) is 0.144. The van der Waals surface area contributed by atoms with E-state index in [0.717, 1.165) is 57.5 Å². The first-order chi connectivity index (χ1) is 33.3. The maximum absolute atomic E-state index is 6.80. The number of furan rings is 1. The van der Waals surface area contributed by atoms with Gasteiger partial charge in [0.05, 0.1) is 16.8 Å². The van der Waals surface area contributed by atoms with Gasteiger partial charge in [0, 0.05) is 39.4 Å². The molecule has 0 fully saturated rings. The Morgan fingerprint density at radius 3 is 1.70 bits per heavy atom. The van der Waals surface area contributed by atoms with E-state index in [2.05, 4.69) is 259 Å². The fraction of sp³-hybridized carbons (Fsp3) is 0.0625. The molecule has 1 spiro atoms. The van der Waals surface area contributed by atoms with Crippen LogP contribution in [0.25, 0.3) is 33.1 Å². The van der Waals surface area contributed by atoms with Crippen LogP contribution in [0.5, 0.6) is 0 Å². The highest BCUT2D eigenvalue weighted by Gasteiger charge is 2.51. The average Bonchev–Trinajstić information content (AvgIpc) is 3.92. The summed E-state index contributed by atoms with van der Waals surface area (Å²) >= 11 is 0. The lowest BCUT2D eigenvalue weighted by Crippen LogP contribution is -2.36. The van der Waals surface area contributed by atoms with Crippen molar-refractivity contribution in [3.63, 3.8) is 0 Å². The molecule has 13 rings (SSSR count). The van der Waals surface area contributed by atoms with Gasteiger partial charge in [0.25, 0.3) is 0 Å². The summed E-state index contributed by atoms with van der Waals surface area (Å²) in [5.41, 5.74) is 19.8. The SMILES string of the molecule is c1ccc(CCC(c2ccc3c(c2)N(c2ccccc2)c2ccccc2C32c3ccccc3-c3ccccc32)c2cccc3oc4ccc(N(c5ccccc5)c5ccccc5)cc4c23)cc1. The number of aryl methyl sites for hydroxylation is 1. The summed E-state index contributed by atoms with van der Waals surface area (Å²) in [5, 5.41) is 2.28. The van der Waals surface area contributed by atoms with E-state index in [9.17, 15) is 0 Å². The molecule has 3 heteroatoms. The molecule has 2 aliphatic rings. The van der Waals surface area contributed by atoms with E-state index in [1.165, 1.54) is 61.4 Å². The maximum Gasteiger partial charge on any atom is 0.135 e. The molecule has 0 N–H and O–H groups in total. The number of rotatable bonds is 9. The summed E-state index contributed by atoms with van der Waals surface area (Å²) in [6, 6.07) is 91.2. The number of hydrogen-bond donors (Lipinski definition) is 0. The molecule has 2 heterocycles. The summed E-state index contributed by atoms with van der Waals surface area (Å²) in [7, 11) is 0. The Morgan fingerprint density at radius 2 is 1.01 bits per heavy atom. The predicted molar refractivity (Wildman–Crippen MR) is 277 cm³/mol. The van der Waals surface area contributed by atoms with Gasteiger partial charge < -0.3 is 14.2 Å². The smallest absolute Gasteiger partial charge is 0.135 e. The molecule has 0 amide bonds. The Kier molecular flexibility index (Phi) is 9.28. The second-order valence-corrected chi connectivity index (χ2v) is 17.9. The zero-order valence-corrected chi connectivity index (χ0v) is 37.0.